The van der Waals surface area contributed by atoms with Gasteiger partial charge in [-0.3, -0.25) is 0 Å². The lowest BCUT2D eigenvalue weighted by Crippen LogP contribution is -2.16. The molecule has 0 aliphatic heterocycles. The van der Waals surface area contributed by atoms with Gasteiger partial charge in [0.15, 0.2) is 0 Å². The molecule has 10 heteroatoms. The monoisotopic (exact) mass is 373 g/mol. The topological polar surface area (TPSA) is 79.1 Å². The Bertz CT molecular complexity index is 858. The molecular formula is C16H16F5N5. The van der Waals surface area contributed by atoms with Crippen LogP contribution in [0.2, 0.25) is 0 Å². The van der Waals surface area contributed by atoms with Gasteiger partial charge in [-0.25, -0.2) is 9.98 Å². The maximum atomic E-state index is 13.4. The molecule has 0 unspecified atom stereocenters. The average molecular weight is 373 g/mol. The normalized spacial score (nSPS) is 13.5. The number of nitrogens with one attached hydrogen (secondary N) is 2. The fraction of sp³-hybridized carbons (Fsp3) is 0.250. The third kappa shape index (κ3) is 4.80. The molecule has 0 saturated heterocycles. The molecule has 0 spiro atoms. The van der Waals surface area contributed by atoms with Crippen molar-refractivity contribution in [3.63, 3.8) is 0 Å². The minimum absolute atomic E-state index is 0.102. The van der Waals surface area contributed by atoms with Gasteiger partial charge in [0.05, 0.1) is 6.34 Å². The molecule has 4 N–H and O–H groups in total. The first kappa shape index (κ1) is 19.4. The number of H-pyrrole nitrogens is 1. The van der Waals surface area contributed by atoms with Crippen molar-refractivity contribution < 1.29 is 22.0 Å². The van der Waals surface area contributed by atoms with E-state index in [1.54, 1.807) is 0 Å². The summed E-state index contributed by atoms with van der Waals surface area (Å²) in [5, 5.41) is 3.05. The molecule has 0 aliphatic rings. The van der Waals surface area contributed by atoms with Crippen LogP contribution in [0, 0.1) is 0 Å². The van der Waals surface area contributed by atoms with E-state index < -0.39 is 23.5 Å². The van der Waals surface area contributed by atoms with E-state index in [0.717, 1.165) is 18.5 Å². The lowest BCUT2D eigenvalue weighted by atomic mass is 10.2. The second kappa shape index (κ2) is 7.14. The summed E-state index contributed by atoms with van der Waals surface area (Å²) in [7, 11) is 0. The van der Waals surface area contributed by atoms with Crippen molar-refractivity contribution in [3.8, 4) is 0 Å². The third-order valence-corrected chi connectivity index (χ3v) is 3.33. The number of aromatic amines is 1. The number of pyridine rings is 1. The van der Waals surface area contributed by atoms with E-state index >= 15 is 0 Å². The molecule has 2 rings (SSSR count). The Morgan fingerprint density at radius 3 is 2.62 bits per heavy atom. The zero-order chi connectivity index (χ0) is 19.5. The Morgan fingerprint density at radius 1 is 1.35 bits per heavy atom. The summed E-state index contributed by atoms with van der Waals surface area (Å²) in [6.45, 7) is 4.39. The van der Waals surface area contributed by atoms with Crippen molar-refractivity contribution in [2.24, 2.45) is 10.7 Å². The smallest absolute Gasteiger partial charge is 0.390 e. The quantitative estimate of drug-likeness (QED) is 0.313. The van der Waals surface area contributed by atoms with E-state index in [1.807, 2.05) is 0 Å². The second-order valence-corrected chi connectivity index (χ2v) is 5.54. The first-order valence-corrected chi connectivity index (χ1v) is 7.32. The van der Waals surface area contributed by atoms with Crippen LogP contribution in [0.15, 0.2) is 47.4 Å². The van der Waals surface area contributed by atoms with Crippen LogP contribution in [-0.4, -0.2) is 22.2 Å². The van der Waals surface area contributed by atoms with Crippen LogP contribution in [0.4, 0.5) is 22.0 Å². The van der Waals surface area contributed by atoms with Crippen molar-refractivity contribution in [3.05, 3.63) is 53.6 Å². The summed E-state index contributed by atoms with van der Waals surface area (Å²) >= 11 is 0. The van der Waals surface area contributed by atoms with Crippen molar-refractivity contribution in [1.29, 1.82) is 0 Å². The number of aromatic nitrogens is 2. The van der Waals surface area contributed by atoms with Gasteiger partial charge in [0.25, 0.3) is 5.92 Å². The average Bonchev–Trinajstić information content (AvgIpc) is 2.95. The van der Waals surface area contributed by atoms with E-state index in [9.17, 15) is 22.0 Å². The lowest BCUT2D eigenvalue weighted by molar-refractivity contribution is -0.140. The Balaban J connectivity index is 2.12. The number of fused-ring (bicyclic) bond motifs is 1. The summed E-state index contributed by atoms with van der Waals surface area (Å²) < 4.78 is 64.8. The van der Waals surface area contributed by atoms with Crippen LogP contribution in [-0.2, 0) is 12.7 Å². The van der Waals surface area contributed by atoms with Crippen molar-refractivity contribution >= 4 is 17.4 Å². The number of alkyl halides is 5. The number of rotatable bonds is 6. The maximum Gasteiger partial charge on any atom is 0.431 e. The zero-order valence-corrected chi connectivity index (χ0v) is 13.7. The van der Waals surface area contributed by atoms with Gasteiger partial charge in [-0.1, -0.05) is 6.58 Å². The highest BCUT2D eigenvalue weighted by Crippen LogP contribution is 2.30. The first-order valence-electron chi connectivity index (χ1n) is 7.32. The predicted molar refractivity (Wildman–Crippen MR) is 88.5 cm³/mol. The van der Waals surface area contributed by atoms with Gasteiger partial charge >= 0.3 is 6.18 Å². The van der Waals surface area contributed by atoms with Gasteiger partial charge in [0, 0.05) is 30.7 Å². The van der Waals surface area contributed by atoms with E-state index in [0.29, 0.717) is 12.5 Å². The van der Waals surface area contributed by atoms with Crippen LogP contribution in [0.25, 0.3) is 11.0 Å². The number of aliphatic imine (C=N–C) groups is 1. The van der Waals surface area contributed by atoms with Crippen LogP contribution in [0.1, 0.15) is 18.2 Å². The molecule has 0 fully saturated rings. The highest BCUT2D eigenvalue weighted by molar-refractivity contribution is 5.77. The van der Waals surface area contributed by atoms with Gasteiger partial charge in [0.2, 0.25) is 0 Å². The molecule has 0 radical (unpaired) electrons. The number of hydrogen-bond acceptors (Lipinski definition) is 3. The number of nitrogens with zero attached hydrogens (tertiary/aromatic N) is 2. The highest BCUT2D eigenvalue weighted by Gasteiger charge is 2.32. The third-order valence-electron chi connectivity index (χ3n) is 3.33. The summed E-state index contributed by atoms with van der Waals surface area (Å²) in [4.78, 5) is 9.51. The SMILES string of the molecule is C=C(/C=C(\N=CN)C(C)(F)F)NCc1cnc2[nH]c(C(F)(F)F)cc2c1. The molecule has 0 aliphatic carbocycles. The fourth-order valence-electron chi connectivity index (χ4n) is 2.10. The molecule has 2 aromatic heterocycles. The summed E-state index contributed by atoms with van der Waals surface area (Å²) in [5.74, 6) is -3.21. The highest BCUT2D eigenvalue weighted by atomic mass is 19.4. The van der Waals surface area contributed by atoms with E-state index in [4.69, 9.17) is 5.73 Å². The second-order valence-electron chi connectivity index (χ2n) is 5.54. The summed E-state index contributed by atoms with van der Waals surface area (Å²) in [6.07, 6.45) is -1.34. The summed E-state index contributed by atoms with van der Waals surface area (Å²) in [6, 6.07) is 2.46. The van der Waals surface area contributed by atoms with Crippen LogP contribution >= 0.6 is 0 Å². The molecule has 5 nitrogen and oxygen atoms in total. The first-order chi connectivity index (χ1) is 12.0. The molecular weight excluding hydrogens is 357 g/mol. The molecule has 2 heterocycles. The number of halogens is 5. The van der Waals surface area contributed by atoms with Gasteiger partial charge in [-0.15, -0.1) is 0 Å². The van der Waals surface area contributed by atoms with Gasteiger partial charge < -0.3 is 16.0 Å². The molecule has 26 heavy (non-hydrogen) atoms. The van der Waals surface area contributed by atoms with Crippen molar-refractivity contribution in [2.75, 3.05) is 0 Å². The predicted octanol–water partition coefficient (Wildman–Crippen LogP) is 3.71. The number of nitrogens with two attached hydrogens (primary N) is 1. The number of hydrogen-bond donors (Lipinski definition) is 3. The van der Waals surface area contributed by atoms with Crippen LogP contribution in [0.5, 0.6) is 0 Å². The Labute approximate surface area is 145 Å². The van der Waals surface area contributed by atoms with E-state index in [-0.39, 0.29) is 23.3 Å². The molecule has 0 amide bonds. The molecule has 2 aromatic rings. The standard InChI is InChI=1S/C16H16F5N5/c1-9(3-12(25-8-22)15(2,17)18)23-6-10-4-11-5-13(16(19,20)21)26-14(11)24-7-10/h3-5,7-8,23H,1,6H2,2H3,(H2,22,25)(H,24,26)/b12-3-. The Hall–Kier alpha value is -2.91. The molecule has 0 saturated carbocycles. The molecule has 0 aromatic carbocycles. The van der Waals surface area contributed by atoms with Crippen molar-refractivity contribution in [1.82, 2.24) is 15.3 Å². The van der Waals surface area contributed by atoms with E-state index in [2.05, 4.69) is 26.9 Å². The van der Waals surface area contributed by atoms with Gasteiger partial charge in [-0.05, 0) is 23.8 Å². The zero-order valence-electron chi connectivity index (χ0n) is 13.7. The minimum atomic E-state index is -4.50. The van der Waals surface area contributed by atoms with Crippen LogP contribution < -0.4 is 11.1 Å². The largest absolute Gasteiger partial charge is 0.431 e. The van der Waals surface area contributed by atoms with Crippen molar-refractivity contribution in [2.45, 2.75) is 25.6 Å². The van der Waals surface area contributed by atoms with Gasteiger partial charge in [-0.2, -0.15) is 22.0 Å². The molecule has 0 bridgehead atoms. The molecule has 0 atom stereocenters. The minimum Gasteiger partial charge on any atom is -0.390 e. The maximum absolute atomic E-state index is 13.4. The lowest BCUT2D eigenvalue weighted by Gasteiger charge is -2.12. The molecule has 140 valence electrons. The van der Waals surface area contributed by atoms with Crippen LogP contribution in [0.3, 0.4) is 0 Å². The summed E-state index contributed by atoms with van der Waals surface area (Å²) in [5.41, 5.74) is 4.36. The number of allylic oxidation sites excluding steroid dienone is 2. The Kier molecular flexibility index (Phi) is 5.33. The van der Waals surface area contributed by atoms with Gasteiger partial charge in [0.1, 0.15) is 17.0 Å². The fourth-order valence-corrected chi connectivity index (χ4v) is 2.10. The van der Waals surface area contributed by atoms with E-state index in [1.165, 1.54) is 12.3 Å². The Morgan fingerprint density at radius 2 is 2.04 bits per heavy atom.